The summed E-state index contributed by atoms with van der Waals surface area (Å²) >= 11 is 0. The molecule has 98 valence electrons. The third-order valence-corrected chi connectivity index (χ3v) is 3.23. The number of rotatable bonds is 8. The van der Waals surface area contributed by atoms with E-state index in [1.165, 1.54) is 19.3 Å². The summed E-state index contributed by atoms with van der Waals surface area (Å²) in [6.45, 7) is 0.661. The van der Waals surface area contributed by atoms with Gasteiger partial charge in [0.25, 0.3) is 6.04 Å². The SMILES string of the molecule is O=CC(CCCCOC1CCCCC1)[N+](=O)[O-]. The van der Waals surface area contributed by atoms with Crippen LogP contribution in [-0.4, -0.2) is 30.0 Å². The molecule has 0 aromatic heterocycles. The summed E-state index contributed by atoms with van der Waals surface area (Å²) in [5.74, 6) is 0. The number of carbonyl (C=O) groups excluding carboxylic acids is 1. The molecule has 0 aromatic carbocycles. The zero-order chi connectivity index (χ0) is 12.5. The van der Waals surface area contributed by atoms with Gasteiger partial charge in [0.05, 0.1) is 6.10 Å². The smallest absolute Gasteiger partial charge is 0.267 e. The summed E-state index contributed by atoms with van der Waals surface area (Å²) in [5.41, 5.74) is 0. The first-order valence-corrected chi connectivity index (χ1v) is 6.44. The molecule has 5 heteroatoms. The van der Waals surface area contributed by atoms with Crippen LogP contribution in [0, 0.1) is 10.1 Å². The Hall–Kier alpha value is -0.970. The minimum atomic E-state index is -1.04. The summed E-state index contributed by atoms with van der Waals surface area (Å²) in [5, 5.41) is 10.4. The van der Waals surface area contributed by atoms with Gasteiger partial charge < -0.3 is 4.74 Å². The standard InChI is InChI=1S/C12H21NO4/c14-10-11(13(15)16)6-4-5-9-17-12-7-2-1-3-8-12/h10-12H,1-9H2. The monoisotopic (exact) mass is 243 g/mol. The van der Waals surface area contributed by atoms with Crippen molar-refractivity contribution >= 4 is 6.29 Å². The topological polar surface area (TPSA) is 69.4 Å². The number of aldehydes is 1. The molecule has 1 atom stereocenters. The van der Waals surface area contributed by atoms with Crippen LogP contribution in [-0.2, 0) is 9.53 Å². The molecule has 1 unspecified atom stereocenters. The Balaban J connectivity index is 1.99. The van der Waals surface area contributed by atoms with Gasteiger partial charge in [-0.3, -0.25) is 14.9 Å². The Morgan fingerprint density at radius 2 is 2.00 bits per heavy atom. The maximum atomic E-state index is 10.4. The second kappa shape index (κ2) is 8.17. The van der Waals surface area contributed by atoms with Crippen LogP contribution in [0.15, 0.2) is 0 Å². The van der Waals surface area contributed by atoms with Crippen molar-refractivity contribution in [3.63, 3.8) is 0 Å². The van der Waals surface area contributed by atoms with Gasteiger partial charge in [-0.05, 0) is 25.7 Å². The highest BCUT2D eigenvalue weighted by atomic mass is 16.6. The van der Waals surface area contributed by atoms with Crippen molar-refractivity contribution in [3.8, 4) is 0 Å². The Kier molecular flexibility index (Phi) is 6.77. The quantitative estimate of drug-likeness (QED) is 0.284. The lowest BCUT2D eigenvalue weighted by molar-refractivity contribution is -0.506. The molecule has 17 heavy (non-hydrogen) atoms. The van der Waals surface area contributed by atoms with Crippen LogP contribution in [0.2, 0.25) is 0 Å². The molecule has 0 amide bonds. The molecule has 1 saturated carbocycles. The molecule has 0 aromatic rings. The Labute approximate surface area is 102 Å². The van der Waals surface area contributed by atoms with E-state index in [-0.39, 0.29) is 0 Å². The minimum Gasteiger partial charge on any atom is -0.378 e. The molecule has 0 bridgehead atoms. The van der Waals surface area contributed by atoms with Gasteiger partial charge in [0.15, 0.2) is 6.29 Å². The van der Waals surface area contributed by atoms with E-state index in [4.69, 9.17) is 4.74 Å². The zero-order valence-corrected chi connectivity index (χ0v) is 10.2. The molecule has 1 aliphatic rings. The van der Waals surface area contributed by atoms with E-state index in [0.717, 1.165) is 19.3 Å². The molecule has 5 nitrogen and oxygen atoms in total. The second-order valence-electron chi connectivity index (χ2n) is 4.62. The van der Waals surface area contributed by atoms with Crippen molar-refractivity contribution in [2.75, 3.05) is 6.61 Å². The van der Waals surface area contributed by atoms with E-state index in [0.29, 0.717) is 31.8 Å². The number of unbranched alkanes of at least 4 members (excludes halogenated alkanes) is 1. The molecule has 0 heterocycles. The van der Waals surface area contributed by atoms with E-state index < -0.39 is 11.0 Å². The van der Waals surface area contributed by atoms with Crippen LogP contribution >= 0.6 is 0 Å². The maximum Gasteiger partial charge on any atom is 0.267 e. The zero-order valence-electron chi connectivity index (χ0n) is 10.2. The molecular formula is C12H21NO4. The van der Waals surface area contributed by atoms with E-state index >= 15 is 0 Å². The predicted octanol–water partition coefficient (Wildman–Crippen LogP) is 2.35. The molecule has 0 aliphatic heterocycles. The molecule has 0 spiro atoms. The van der Waals surface area contributed by atoms with Gasteiger partial charge in [-0.2, -0.15) is 0 Å². The van der Waals surface area contributed by atoms with Crippen molar-refractivity contribution in [3.05, 3.63) is 10.1 Å². The molecule has 1 aliphatic carbocycles. The summed E-state index contributed by atoms with van der Waals surface area (Å²) < 4.78 is 5.70. The lowest BCUT2D eigenvalue weighted by Crippen LogP contribution is -2.21. The van der Waals surface area contributed by atoms with Crippen molar-refractivity contribution in [2.45, 2.75) is 63.5 Å². The third-order valence-electron chi connectivity index (χ3n) is 3.23. The molecular weight excluding hydrogens is 222 g/mol. The highest BCUT2D eigenvalue weighted by Crippen LogP contribution is 2.20. The van der Waals surface area contributed by atoms with E-state index in [9.17, 15) is 14.9 Å². The fourth-order valence-corrected chi connectivity index (χ4v) is 2.16. The highest BCUT2D eigenvalue weighted by Gasteiger charge is 2.18. The lowest BCUT2D eigenvalue weighted by Gasteiger charge is -2.21. The van der Waals surface area contributed by atoms with Crippen molar-refractivity contribution in [1.29, 1.82) is 0 Å². The highest BCUT2D eigenvalue weighted by molar-refractivity contribution is 5.55. The van der Waals surface area contributed by atoms with E-state index in [2.05, 4.69) is 0 Å². The molecule has 0 saturated heterocycles. The van der Waals surface area contributed by atoms with E-state index in [1.807, 2.05) is 0 Å². The average molecular weight is 243 g/mol. The van der Waals surface area contributed by atoms with Crippen molar-refractivity contribution < 1.29 is 14.5 Å². The van der Waals surface area contributed by atoms with Crippen LogP contribution in [0.25, 0.3) is 0 Å². The van der Waals surface area contributed by atoms with Crippen LogP contribution < -0.4 is 0 Å². The first-order chi connectivity index (χ1) is 8.24. The second-order valence-corrected chi connectivity index (χ2v) is 4.62. The van der Waals surface area contributed by atoms with Crippen LogP contribution in [0.3, 0.4) is 0 Å². The fraction of sp³-hybridized carbons (Fsp3) is 0.917. The Bertz CT molecular complexity index is 239. The van der Waals surface area contributed by atoms with Gasteiger partial charge in [0, 0.05) is 18.0 Å². The van der Waals surface area contributed by atoms with Gasteiger partial charge in [0.2, 0.25) is 0 Å². The molecule has 0 radical (unpaired) electrons. The minimum absolute atomic E-state index is 0.324. The maximum absolute atomic E-state index is 10.4. The van der Waals surface area contributed by atoms with Gasteiger partial charge in [0.1, 0.15) is 0 Å². The number of hydrogen-bond acceptors (Lipinski definition) is 4. The third kappa shape index (κ3) is 5.77. The predicted molar refractivity (Wildman–Crippen MR) is 63.5 cm³/mol. The first kappa shape index (κ1) is 14.1. The van der Waals surface area contributed by atoms with Crippen molar-refractivity contribution in [2.24, 2.45) is 0 Å². The Morgan fingerprint density at radius 3 is 2.59 bits per heavy atom. The number of ether oxygens (including phenoxy) is 1. The number of nitro groups is 1. The lowest BCUT2D eigenvalue weighted by atomic mass is 9.98. The molecule has 1 rings (SSSR count). The van der Waals surface area contributed by atoms with Crippen LogP contribution in [0.4, 0.5) is 0 Å². The summed E-state index contributed by atoms with van der Waals surface area (Å²) in [6, 6.07) is -1.04. The molecule has 0 N–H and O–H groups in total. The van der Waals surface area contributed by atoms with E-state index in [1.54, 1.807) is 0 Å². The summed E-state index contributed by atoms with van der Waals surface area (Å²) in [4.78, 5) is 20.3. The van der Waals surface area contributed by atoms with Gasteiger partial charge in [-0.25, -0.2) is 0 Å². The van der Waals surface area contributed by atoms with Gasteiger partial charge in [-0.1, -0.05) is 19.3 Å². The number of carbonyl (C=O) groups is 1. The largest absolute Gasteiger partial charge is 0.378 e. The first-order valence-electron chi connectivity index (χ1n) is 6.44. The molecule has 1 fully saturated rings. The Morgan fingerprint density at radius 1 is 1.29 bits per heavy atom. The van der Waals surface area contributed by atoms with Crippen LogP contribution in [0.5, 0.6) is 0 Å². The summed E-state index contributed by atoms with van der Waals surface area (Å²) in [7, 11) is 0. The van der Waals surface area contributed by atoms with Gasteiger partial charge in [-0.15, -0.1) is 0 Å². The van der Waals surface area contributed by atoms with Crippen molar-refractivity contribution in [1.82, 2.24) is 0 Å². The fourth-order valence-electron chi connectivity index (χ4n) is 2.16. The summed E-state index contributed by atoms with van der Waals surface area (Å²) in [6.07, 6.45) is 8.71. The number of hydrogen-bond donors (Lipinski definition) is 0. The average Bonchev–Trinajstić information content (AvgIpc) is 2.34. The normalized spacial score (nSPS) is 18.8. The number of nitrogens with zero attached hydrogens (tertiary/aromatic N) is 1. The van der Waals surface area contributed by atoms with Gasteiger partial charge >= 0.3 is 0 Å². The van der Waals surface area contributed by atoms with Crippen LogP contribution in [0.1, 0.15) is 51.4 Å².